The summed E-state index contributed by atoms with van der Waals surface area (Å²) in [4.78, 5) is 27.2. The van der Waals surface area contributed by atoms with E-state index in [1.54, 1.807) is 30.3 Å². The van der Waals surface area contributed by atoms with Crippen molar-refractivity contribution in [3.8, 4) is 29.4 Å². The number of aromatic hydroxyl groups is 1. The molecule has 11 heteroatoms. The number of nitrogens with zero attached hydrogens (tertiary/aromatic N) is 6. The second kappa shape index (κ2) is 9.80. The number of benzene rings is 3. The number of nitrogen functional groups attached to an aromatic ring is 1. The summed E-state index contributed by atoms with van der Waals surface area (Å²) in [7, 11) is 0. The first-order valence-corrected chi connectivity index (χ1v) is 12.4. The lowest BCUT2D eigenvalue weighted by Gasteiger charge is -2.15. The van der Waals surface area contributed by atoms with Gasteiger partial charge in [0.05, 0.1) is 22.8 Å². The normalized spacial score (nSPS) is 11.2. The molecule has 0 bridgehead atoms. The van der Waals surface area contributed by atoms with Gasteiger partial charge in [-0.25, -0.2) is 24.0 Å². The van der Waals surface area contributed by atoms with Crippen LogP contribution in [-0.2, 0) is 13.1 Å². The van der Waals surface area contributed by atoms with E-state index in [9.17, 15) is 14.3 Å². The van der Waals surface area contributed by atoms with Crippen LogP contribution in [0.2, 0.25) is 5.02 Å². The van der Waals surface area contributed by atoms with E-state index in [0.29, 0.717) is 55.2 Å². The van der Waals surface area contributed by atoms with E-state index in [1.165, 1.54) is 27.7 Å². The maximum absolute atomic E-state index is 13.9. The van der Waals surface area contributed by atoms with Crippen molar-refractivity contribution in [3.05, 3.63) is 105 Å². The first kappa shape index (κ1) is 25.0. The number of anilines is 1. The van der Waals surface area contributed by atoms with Crippen molar-refractivity contribution in [2.24, 2.45) is 0 Å². The van der Waals surface area contributed by atoms with Crippen molar-refractivity contribution in [1.29, 1.82) is 0 Å². The number of hydrogen-bond donors (Lipinski definition) is 2. The summed E-state index contributed by atoms with van der Waals surface area (Å²) in [5.41, 5.74) is 8.55. The Hall–Kier alpha value is -5.27. The lowest BCUT2D eigenvalue weighted by molar-refractivity contribution is 0.432. The molecule has 9 nitrogen and oxygen atoms in total. The smallest absolute Gasteiger partial charge is 0.263 e. The van der Waals surface area contributed by atoms with Crippen molar-refractivity contribution in [1.82, 2.24) is 29.3 Å². The minimum absolute atomic E-state index is 0.00996. The van der Waals surface area contributed by atoms with Gasteiger partial charge in [-0.15, -0.1) is 6.42 Å². The molecule has 0 atom stereocenters. The number of phenols is 1. The third-order valence-electron chi connectivity index (χ3n) is 6.57. The Morgan fingerprint density at radius 3 is 2.65 bits per heavy atom. The highest BCUT2D eigenvalue weighted by Gasteiger charge is 2.21. The second-order valence-corrected chi connectivity index (χ2v) is 9.39. The molecule has 0 radical (unpaired) electrons. The molecule has 6 rings (SSSR count). The molecule has 0 aliphatic carbocycles. The SMILES string of the molecule is C#Cc1cccc2nc(Cn3nc(-c4ccc(F)c(O)c4)c4c(N)ncnc43)n(Cc3ccccc3Cl)c(=O)c12. The molecule has 3 aromatic heterocycles. The molecular formula is C29H19ClFN7O2. The van der Waals surface area contributed by atoms with Crippen LogP contribution in [-0.4, -0.2) is 34.4 Å². The number of aromatic nitrogens is 6. The average molecular weight is 552 g/mol. The second-order valence-electron chi connectivity index (χ2n) is 8.98. The van der Waals surface area contributed by atoms with Crippen LogP contribution in [0.1, 0.15) is 17.0 Å². The third kappa shape index (κ3) is 4.19. The molecule has 0 amide bonds. The van der Waals surface area contributed by atoms with E-state index in [0.717, 1.165) is 6.07 Å². The maximum atomic E-state index is 13.9. The minimum atomic E-state index is -0.771. The molecule has 6 aromatic rings. The van der Waals surface area contributed by atoms with Crippen molar-refractivity contribution in [2.45, 2.75) is 13.1 Å². The van der Waals surface area contributed by atoms with Gasteiger partial charge in [-0.1, -0.05) is 41.8 Å². The van der Waals surface area contributed by atoms with Crippen LogP contribution in [0, 0.1) is 18.2 Å². The Balaban J connectivity index is 1.58. The van der Waals surface area contributed by atoms with E-state index < -0.39 is 11.6 Å². The van der Waals surface area contributed by atoms with E-state index >= 15 is 0 Å². The number of terminal acetylenes is 1. The van der Waals surface area contributed by atoms with Gasteiger partial charge in [-0.05, 0) is 42.0 Å². The molecular weight excluding hydrogens is 533 g/mol. The molecule has 0 spiro atoms. The molecule has 3 heterocycles. The fraction of sp³-hybridized carbons (Fsp3) is 0.0690. The van der Waals surface area contributed by atoms with Gasteiger partial charge >= 0.3 is 0 Å². The number of rotatable bonds is 5. The number of phenolic OH excluding ortho intramolecular Hbond substituents is 1. The quantitative estimate of drug-likeness (QED) is 0.305. The van der Waals surface area contributed by atoms with Gasteiger partial charge in [0.1, 0.15) is 30.2 Å². The fourth-order valence-corrected chi connectivity index (χ4v) is 4.84. The number of halogens is 2. The summed E-state index contributed by atoms with van der Waals surface area (Å²) in [6.07, 6.45) is 7.00. The summed E-state index contributed by atoms with van der Waals surface area (Å²) in [6.45, 7) is 0.140. The molecule has 3 N–H and O–H groups in total. The largest absolute Gasteiger partial charge is 0.505 e. The zero-order valence-corrected chi connectivity index (χ0v) is 21.5. The van der Waals surface area contributed by atoms with Gasteiger partial charge in [0.25, 0.3) is 5.56 Å². The van der Waals surface area contributed by atoms with Crippen LogP contribution in [0.15, 0.2) is 71.8 Å². The predicted molar refractivity (Wildman–Crippen MR) is 150 cm³/mol. The molecule has 0 saturated heterocycles. The highest BCUT2D eigenvalue weighted by atomic mass is 35.5. The van der Waals surface area contributed by atoms with Crippen LogP contribution < -0.4 is 11.3 Å². The van der Waals surface area contributed by atoms with Crippen molar-refractivity contribution >= 4 is 39.4 Å². The zero-order chi connectivity index (χ0) is 28.0. The monoisotopic (exact) mass is 551 g/mol. The summed E-state index contributed by atoms with van der Waals surface area (Å²) >= 11 is 6.44. The summed E-state index contributed by atoms with van der Waals surface area (Å²) in [5, 5.41) is 15.9. The van der Waals surface area contributed by atoms with Crippen molar-refractivity contribution in [3.63, 3.8) is 0 Å². The summed E-state index contributed by atoms with van der Waals surface area (Å²) < 4.78 is 16.8. The molecule has 0 unspecified atom stereocenters. The summed E-state index contributed by atoms with van der Waals surface area (Å²) in [5.74, 6) is 1.77. The van der Waals surface area contributed by atoms with Crippen LogP contribution in [0.5, 0.6) is 5.75 Å². The molecule has 196 valence electrons. The van der Waals surface area contributed by atoms with Crippen LogP contribution in [0.3, 0.4) is 0 Å². The minimum Gasteiger partial charge on any atom is -0.505 e. The highest BCUT2D eigenvalue weighted by Crippen LogP contribution is 2.33. The standard InChI is InChI=1S/C29H19ClFN7O2/c1-2-16-7-5-9-21-24(16)29(40)37(13-18-6-3-4-8-19(18)30)23(35-21)14-38-28-25(27(32)33-15-34-28)26(36-38)17-10-11-20(31)22(39)12-17/h1,3-12,15,39H,13-14H2,(H2,32,33,34). The predicted octanol–water partition coefficient (Wildman–Crippen LogP) is 4.36. The van der Waals surface area contributed by atoms with Gasteiger partial charge in [0.15, 0.2) is 17.2 Å². The van der Waals surface area contributed by atoms with E-state index in [-0.39, 0.29) is 24.5 Å². The number of nitrogens with two attached hydrogens (primary N) is 1. The lowest BCUT2D eigenvalue weighted by atomic mass is 10.1. The van der Waals surface area contributed by atoms with Gasteiger partial charge in [0.2, 0.25) is 0 Å². The van der Waals surface area contributed by atoms with Gasteiger partial charge in [-0.2, -0.15) is 5.10 Å². The first-order chi connectivity index (χ1) is 19.4. The first-order valence-electron chi connectivity index (χ1n) is 12.0. The third-order valence-corrected chi connectivity index (χ3v) is 6.94. The number of fused-ring (bicyclic) bond motifs is 2. The Morgan fingerprint density at radius 2 is 1.88 bits per heavy atom. The molecule has 0 aliphatic rings. The molecule has 0 fully saturated rings. The fourth-order valence-electron chi connectivity index (χ4n) is 4.65. The van der Waals surface area contributed by atoms with Gasteiger partial charge in [0, 0.05) is 16.1 Å². The van der Waals surface area contributed by atoms with Crippen molar-refractivity contribution in [2.75, 3.05) is 5.73 Å². The zero-order valence-electron chi connectivity index (χ0n) is 20.7. The Labute approximate surface area is 231 Å². The van der Waals surface area contributed by atoms with E-state index in [4.69, 9.17) is 28.7 Å². The Kier molecular flexibility index (Phi) is 6.13. The highest BCUT2D eigenvalue weighted by molar-refractivity contribution is 6.31. The van der Waals surface area contributed by atoms with E-state index in [1.807, 2.05) is 12.1 Å². The molecule has 0 aliphatic heterocycles. The Morgan fingerprint density at radius 1 is 1.05 bits per heavy atom. The van der Waals surface area contributed by atoms with Crippen LogP contribution in [0.4, 0.5) is 10.2 Å². The Bertz CT molecular complexity index is 2060. The molecule has 40 heavy (non-hydrogen) atoms. The average Bonchev–Trinajstić information content (AvgIpc) is 3.32. The van der Waals surface area contributed by atoms with Gasteiger partial charge in [-0.3, -0.25) is 9.36 Å². The lowest BCUT2D eigenvalue weighted by Crippen LogP contribution is -2.28. The number of hydrogen-bond acceptors (Lipinski definition) is 7. The van der Waals surface area contributed by atoms with Crippen LogP contribution in [0.25, 0.3) is 33.2 Å². The van der Waals surface area contributed by atoms with Crippen molar-refractivity contribution < 1.29 is 9.50 Å². The summed E-state index contributed by atoms with van der Waals surface area (Å²) in [6, 6.07) is 16.2. The molecule has 0 saturated carbocycles. The van der Waals surface area contributed by atoms with E-state index in [2.05, 4.69) is 21.0 Å². The molecule has 3 aromatic carbocycles. The van der Waals surface area contributed by atoms with Gasteiger partial charge < -0.3 is 10.8 Å². The maximum Gasteiger partial charge on any atom is 0.263 e. The topological polar surface area (TPSA) is 125 Å². The van der Waals surface area contributed by atoms with Crippen LogP contribution >= 0.6 is 11.6 Å².